The van der Waals surface area contributed by atoms with Gasteiger partial charge in [0, 0.05) is 0 Å². The van der Waals surface area contributed by atoms with E-state index in [4.69, 9.17) is 0 Å². The van der Waals surface area contributed by atoms with Crippen LogP contribution in [0.5, 0.6) is 0 Å². The average molecular weight is 256 g/mol. The maximum Gasteiger partial charge on any atom is 0.0596 e. The third-order valence-electron chi connectivity index (χ3n) is 6.59. The summed E-state index contributed by atoms with van der Waals surface area (Å²) in [6.45, 7) is 2.35. The Morgan fingerprint density at radius 3 is 2.84 bits per heavy atom. The number of benzene rings is 1. The molecule has 3 aliphatic rings. The summed E-state index contributed by atoms with van der Waals surface area (Å²) in [6.07, 6.45) is 7.33. The van der Waals surface area contributed by atoms with E-state index in [0.29, 0.717) is 0 Å². The van der Waals surface area contributed by atoms with Crippen molar-refractivity contribution in [2.24, 2.45) is 17.3 Å². The van der Waals surface area contributed by atoms with Crippen molar-refractivity contribution in [1.29, 1.82) is 0 Å². The van der Waals surface area contributed by atoms with Gasteiger partial charge < -0.3 is 5.11 Å². The molecule has 0 spiro atoms. The Hall–Kier alpha value is -0.820. The Balaban J connectivity index is 1.72. The van der Waals surface area contributed by atoms with Gasteiger partial charge in [-0.15, -0.1) is 0 Å². The Kier molecular flexibility index (Phi) is 2.57. The summed E-state index contributed by atoms with van der Waals surface area (Å²) in [7, 11) is 0. The lowest BCUT2D eigenvalue weighted by atomic mass is 9.55. The van der Waals surface area contributed by atoms with Crippen molar-refractivity contribution in [3.05, 3.63) is 35.4 Å². The Bertz CT molecular complexity index is 494. The van der Waals surface area contributed by atoms with Gasteiger partial charge in [-0.1, -0.05) is 31.2 Å². The number of aliphatic hydroxyl groups is 1. The lowest BCUT2D eigenvalue weighted by Crippen LogP contribution is -2.43. The molecule has 19 heavy (non-hydrogen) atoms. The molecule has 0 amide bonds. The second kappa shape index (κ2) is 4.09. The highest BCUT2D eigenvalue weighted by Crippen LogP contribution is 2.60. The van der Waals surface area contributed by atoms with Gasteiger partial charge in [-0.05, 0) is 72.8 Å². The number of hydrogen-bond acceptors (Lipinski definition) is 1. The molecule has 2 fully saturated rings. The van der Waals surface area contributed by atoms with Crippen LogP contribution in [0, 0.1) is 17.3 Å². The van der Waals surface area contributed by atoms with Crippen molar-refractivity contribution in [2.75, 3.05) is 0 Å². The van der Waals surface area contributed by atoms with Crippen LogP contribution in [0.3, 0.4) is 0 Å². The molecule has 3 aliphatic carbocycles. The number of aliphatic hydroxyl groups excluding tert-OH is 1. The standard InChI is InChI=1S/C18H24O/c1-18-11-10-14-13-5-3-2-4-12(13)6-7-15(14)16(18)8-9-17(18)19/h2-5,14-17,19H,6-11H2,1H3/t14?,15?,16?,17-,18?/m0/s1. The van der Waals surface area contributed by atoms with Crippen molar-refractivity contribution < 1.29 is 5.11 Å². The third-order valence-corrected chi connectivity index (χ3v) is 6.59. The molecular weight excluding hydrogens is 232 g/mol. The number of rotatable bonds is 0. The van der Waals surface area contributed by atoms with Crippen LogP contribution in [0.25, 0.3) is 0 Å². The van der Waals surface area contributed by atoms with Gasteiger partial charge in [-0.3, -0.25) is 0 Å². The topological polar surface area (TPSA) is 20.2 Å². The van der Waals surface area contributed by atoms with Gasteiger partial charge in [-0.2, -0.15) is 0 Å². The van der Waals surface area contributed by atoms with Gasteiger partial charge in [0.2, 0.25) is 0 Å². The van der Waals surface area contributed by atoms with Gasteiger partial charge in [0.1, 0.15) is 0 Å². The fraction of sp³-hybridized carbons (Fsp3) is 0.667. The summed E-state index contributed by atoms with van der Waals surface area (Å²) in [4.78, 5) is 0. The molecule has 4 rings (SSSR count). The molecule has 0 saturated heterocycles. The fourth-order valence-corrected chi connectivity index (χ4v) is 5.49. The number of fused-ring (bicyclic) bond motifs is 5. The summed E-state index contributed by atoms with van der Waals surface area (Å²) < 4.78 is 0. The normalized spacial score (nSPS) is 44.3. The summed E-state index contributed by atoms with van der Waals surface area (Å²) >= 11 is 0. The SMILES string of the molecule is CC12CCC3c4ccccc4CCC3C1CC[C@@H]2O. The molecule has 0 bridgehead atoms. The van der Waals surface area contributed by atoms with Crippen molar-refractivity contribution in [3.8, 4) is 0 Å². The van der Waals surface area contributed by atoms with Gasteiger partial charge in [0.15, 0.2) is 0 Å². The molecule has 0 heterocycles. The minimum absolute atomic E-state index is 0.0457. The molecular formula is C18H24O. The molecule has 1 aromatic carbocycles. The van der Waals surface area contributed by atoms with Gasteiger partial charge in [-0.25, -0.2) is 0 Å². The van der Waals surface area contributed by atoms with E-state index < -0.39 is 0 Å². The van der Waals surface area contributed by atoms with Gasteiger partial charge in [0.25, 0.3) is 0 Å². The zero-order chi connectivity index (χ0) is 13.0. The minimum Gasteiger partial charge on any atom is -0.393 e. The van der Waals surface area contributed by atoms with Crippen LogP contribution in [0.4, 0.5) is 0 Å². The van der Waals surface area contributed by atoms with Crippen LogP contribution in [0.2, 0.25) is 0 Å². The second-order valence-corrected chi connectivity index (χ2v) is 7.25. The zero-order valence-electron chi connectivity index (χ0n) is 11.8. The lowest BCUT2D eigenvalue weighted by Gasteiger charge is -2.50. The number of hydrogen-bond donors (Lipinski definition) is 1. The predicted octanol–water partition coefficient (Wildman–Crippen LogP) is 3.90. The maximum atomic E-state index is 10.4. The second-order valence-electron chi connectivity index (χ2n) is 7.25. The lowest BCUT2D eigenvalue weighted by molar-refractivity contribution is -0.0226. The Morgan fingerprint density at radius 1 is 1.11 bits per heavy atom. The molecule has 1 heteroatoms. The van der Waals surface area contributed by atoms with E-state index >= 15 is 0 Å². The first-order valence-corrected chi connectivity index (χ1v) is 7.96. The highest BCUT2D eigenvalue weighted by Gasteiger charge is 2.54. The van der Waals surface area contributed by atoms with Crippen LogP contribution >= 0.6 is 0 Å². The number of aryl methyl sites for hydroxylation is 1. The van der Waals surface area contributed by atoms with Crippen LogP contribution in [-0.2, 0) is 6.42 Å². The van der Waals surface area contributed by atoms with E-state index in [9.17, 15) is 5.11 Å². The molecule has 5 atom stereocenters. The molecule has 1 nitrogen and oxygen atoms in total. The van der Waals surface area contributed by atoms with E-state index in [1.165, 1.54) is 32.1 Å². The molecule has 1 aromatic rings. The van der Waals surface area contributed by atoms with Crippen LogP contribution in [0.1, 0.15) is 56.1 Å². The van der Waals surface area contributed by atoms with Crippen molar-refractivity contribution in [2.45, 2.75) is 57.5 Å². The molecule has 4 unspecified atom stereocenters. The van der Waals surface area contributed by atoms with Crippen LogP contribution < -0.4 is 0 Å². The van der Waals surface area contributed by atoms with Gasteiger partial charge >= 0.3 is 0 Å². The third kappa shape index (κ3) is 1.57. The zero-order valence-corrected chi connectivity index (χ0v) is 11.8. The minimum atomic E-state index is -0.0457. The Labute approximate surface area is 116 Å². The summed E-state index contributed by atoms with van der Waals surface area (Å²) in [6, 6.07) is 9.08. The molecule has 0 aromatic heterocycles. The summed E-state index contributed by atoms with van der Waals surface area (Å²) in [5.74, 6) is 2.36. The van der Waals surface area contributed by atoms with Crippen molar-refractivity contribution in [3.63, 3.8) is 0 Å². The smallest absolute Gasteiger partial charge is 0.0596 e. The fourth-order valence-electron chi connectivity index (χ4n) is 5.49. The van der Waals surface area contributed by atoms with E-state index in [0.717, 1.165) is 24.2 Å². The first-order chi connectivity index (χ1) is 9.20. The molecule has 1 N–H and O–H groups in total. The van der Waals surface area contributed by atoms with Crippen molar-refractivity contribution >= 4 is 0 Å². The monoisotopic (exact) mass is 256 g/mol. The summed E-state index contributed by atoms with van der Waals surface area (Å²) in [5, 5.41) is 10.4. The largest absolute Gasteiger partial charge is 0.393 e. The summed E-state index contributed by atoms with van der Waals surface area (Å²) in [5.41, 5.74) is 3.43. The Morgan fingerprint density at radius 2 is 1.95 bits per heavy atom. The first kappa shape index (κ1) is 12.0. The highest BCUT2D eigenvalue weighted by molar-refractivity contribution is 5.34. The average Bonchev–Trinajstić information content (AvgIpc) is 2.75. The quantitative estimate of drug-likeness (QED) is 0.746. The van der Waals surface area contributed by atoms with Crippen LogP contribution in [0.15, 0.2) is 24.3 Å². The van der Waals surface area contributed by atoms with Crippen molar-refractivity contribution in [1.82, 2.24) is 0 Å². The van der Waals surface area contributed by atoms with Crippen LogP contribution in [-0.4, -0.2) is 11.2 Å². The molecule has 0 radical (unpaired) electrons. The highest BCUT2D eigenvalue weighted by atomic mass is 16.3. The first-order valence-electron chi connectivity index (χ1n) is 7.96. The van der Waals surface area contributed by atoms with E-state index in [1.54, 1.807) is 11.1 Å². The maximum absolute atomic E-state index is 10.4. The van der Waals surface area contributed by atoms with E-state index in [2.05, 4.69) is 31.2 Å². The molecule has 2 saturated carbocycles. The van der Waals surface area contributed by atoms with E-state index in [-0.39, 0.29) is 11.5 Å². The predicted molar refractivity (Wildman–Crippen MR) is 77.1 cm³/mol. The molecule has 0 aliphatic heterocycles. The molecule has 102 valence electrons. The van der Waals surface area contributed by atoms with E-state index in [1.807, 2.05) is 0 Å². The van der Waals surface area contributed by atoms with Gasteiger partial charge in [0.05, 0.1) is 6.10 Å².